The van der Waals surface area contributed by atoms with E-state index in [0.29, 0.717) is 17.1 Å². The van der Waals surface area contributed by atoms with Crippen molar-refractivity contribution in [2.45, 2.75) is 26.8 Å². The summed E-state index contributed by atoms with van der Waals surface area (Å²) in [4.78, 5) is 15.1. The van der Waals surface area contributed by atoms with Gasteiger partial charge < -0.3 is 10.6 Å². The number of carbonyl (C=O) groups excluding carboxylic acids is 1. The van der Waals surface area contributed by atoms with Crippen LogP contribution >= 0.6 is 11.3 Å². The molecule has 0 bridgehead atoms. The van der Waals surface area contributed by atoms with E-state index >= 15 is 0 Å². The van der Waals surface area contributed by atoms with Gasteiger partial charge in [-0.05, 0) is 32.9 Å². The molecule has 106 valence electrons. The van der Waals surface area contributed by atoms with Crippen molar-refractivity contribution in [3.63, 3.8) is 0 Å². The number of benzene rings is 1. The normalized spacial score (nSPS) is 11.0. The monoisotopic (exact) mass is 288 g/mol. The molecule has 1 aromatic carbocycles. The third kappa shape index (κ3) is 2.56. The number of nitrogen functional groups attached to an aromatic ring is 1. The Balaban J connectivity index is 2.49. The number of nitrogens with two attached hydrogens (primary N) is 1. The van der Waals surface area contributed by atoms with Crippen molar-refractivity contribution in [3.05, 3.63) is 41.3 Å². The fraction of sp³-hybridized carbons (Fsp3) is 0.312. The highest BCUT2D eigenvalue weighted by Gasteiger charge is 2.23. The Labute approximate surface area is 123 Å². The first kappa shape index (κ1) is 14.6. The molecule has 0 saturated carbocycles. The van der Waals surface area contributed by atoms with Gasteiger partial charge in [-0.2, -0.15) is 0 Å². The lowest BCUT2D eigenvalue weighted by Gasteiger charge is -2.25. The predicted octanol–water partition coefficient (Wildman–Crippen LogP) is 3.83. The molecule has 0 unspecified atom stereocenters. The molecule has 0 aliphatic rings. The van der Waals surface area contributed by atoms with Gasteiger partial charge in [-0.3, -0.25) is 4.79 Å². The van der Waals surface area contributed by atoms with Crippen LogP contribution in [-0.2, 0) is 0 Å². The molecule has 0 fully saturated rings. The first-order chi connectivity index (χ1) is 9.45. The third-order valence-electron chi connectivity index (χ3n) is 3.29. The van der Waals surface area contributed by atoms with E-state index in [1.54, 1.807) is 11.0 Å². The summed E-state index contributed by atoms with van der Waals surface area (Å²) in [5.41, 5.74) is 7.92. The molecule has 3 nitrogen and oxygen atoms in total. The van der Waals surface area contributed by atoms with Crippen LogP contribution < -0.4 is 5.73 Å². The Morgan fingerprint density at radius 3 is 2.80 bits per heavy atom. The Bertz CT molecular complexity index is 658. The molecule has 2 N–H and O–H groups in total. The molecule has 0 radical (unpaired) electrons. The average molecular weight is 288 g/mol. The smallest absolute Gasteiger partial charge is 0.266 e. The van der Waals surface area contributed by atoms with Gasteiger partial charge in [0, 0.05) is 22.7 Å². The van der Waals surface area contributed by atoms with E-state index in [2.05, 4.69) is 6.58 Å². The lowest BCUT2D eigenvalue weighted by molar-refractivity contribution is 0.0735. The molecule has 0 aliphatic heterocycles. The van der Waals surface area contributed by atoms with Gasteiger partial charge in [0.05, 0.1) is 5.69 Å². The number of aryl methyl sites for hydroxylation is 1. The zero-order valence-corrected chi connectivity index (χ0v) is 13.0. The molecule has 1 aromatic heterocycles. The van der Waals surface area contributed by atoms with Crippen molar-refractivity contribution < 1.29 is 4.79 Å². The van der Waals surface area contributed by atoms with Crippen LogP contribution in [0.3, 0.4) is 0 Å². The van der Waals surface area contributed by atoms with Crippen LogP contribution in [0.15, 0.2) is 30.9 Å². The summed E-state index contributed by atoms with van der Waals surface area (Å²) in [7, 11) is 0. The number of hydrogen-bond acceptors (Lipinski definition) is 3. The Kier molecular flexibility index (Phi) is 4.14. The van der Waals surface area contributed by atoms with E-state index in [9.17, 15) is 4.79 Å². The number of rotatable bonds is 4. The Hall–Kier alpha value is -1.81. The summed E-state index contributed by atoms with van der Waals surface area (Å²) in [5.74, 6) is -0.0174. The third-order valence-corrected chi connectivity index (χ3v) is 4.46. The average Bonchev–Trinajstić information content (AvgIpc) is 2.72. The molecule has 1 amide bonds. The van der Waals surface area contributed by atoms with Gasteiger partial charge >= 0.3 is 0 Å². The largest absolute Gasteiger partial charge is 0.397 e. The number of fused-ring (bicyclic) bond motifs is 1. The maximum atomic E-state index is 12.7. The standard InChI is InChI=1S/C16H20N2OS/c1-5-8-18(10(2)3)16(19)15-14(17)12-9-11(4)6-7-13(12)20-15/h5-7,9-10H,1,8,17H2,2-4H3. The van der Waals surface area contributed by atoms with Crippen molar-refractivity contribution in [1.82, 2.24) is 4.90 Å². The Morgan fingerprint density at radius 2 is 2.20 bits per heavy atom. The van der Waals surface area contributed by atoms with Crippen molar-refractivity contribution in [3.8, 4) is 0 Å². The lowest BCUT2D eigenvalue weighted by Crippen LogP contribution is -2.36. The van der Waals surface area contributed by atoms with Crippen molar-refractivity contribution in [1.29, 1.82) is 0 Å². The molecule has 0 saturated heterocycles. The fourth-order valence-electron chi connectivity index (χ4n) is 2.19. The maximum absolute atomic E-state index is 12.7. The van der Waals surface area contributed by atoms with Crippen molar-refractivity contribution >= 4 is 33.0 Å². The molecule has 0 spiro atoms. The molecule has 4 heteroatoms. The quantitative estimate of drug-likeness (QED) is 0.869. The predicted molar refractivity (Wildman–Crippen MR) is 87.3 cm³/mol. The molecular formula is C16H20N2OS. The van der Waals surface area contributed by atoms with Crippen LogP contribution in [0.2, 0.25) is 0 Å². The van der Waals surface area contributed by atoms with Gasteiger partial charge in [-0.15, -0.1) is 17.9 Å². The molecular weight excluding hydrogens is 268 g/mol. The van der Waals surface area contributed by atoms with Crippen molar-refractivity contribution in [2.24, 2.45) is 0 Å². The molecule has 2 aromatic rings. The summed E-state index contributed by atoms with van der Waals surface area (Å²) >= 11 is 1.46. The molecule has 0 atom stereocenters. The van der Waals surface area contributed by atoms with E-state index in [-0.39, 0.29) is 11.9 Å². The highest BCUT2D eigenvalue weighted by Crippen LogP contribution is 2.35. The summed E-state index contributed by atoms with van der Waals surface area (Å²) in [5, 5.41) is 0.973. The summed E-state index contributed by atoms with van der Waals surface area (Å²) in [6, 6.07) is 6.21. The first-order valence-corrected chi connectivity index (χ1v) is 7.47. The van der Waals surface area contributed by atoms with E-state index in [4.69, 9.17) is 5.73 Å². The highest BCUT2D eigenvalue weighted by atomic mass is 32.1. The van der Waals surface area contributed by atoms with Crippen LogP contribution in [0.5, 0.6) is 0 Å². The van der Waals surface area contributed by atoms with Gasteiger partial charge in [0.15, 0.2) is 0 Å². The summed E-state index contributed by atoms with van der Waals surface area (Å²) in [6.07, 6.45) is 1.74. The number of nitrogens with zero attached hydrogens (tertiary/aromatic N) is 1. The van der Waals surface area contributed by atoms with E-state index < -0.39 is 0 Å². The molecule has 1 heterocycles. The van der Waals surface area contributed by atoms with Gasteiger partial charge in [0.1, 0.15) is 4.88 Å². The summed E-state index contributed by atoms with van der Waals surface area (Å²) < 4.78 is 1.05. The van der Waals surface area contributed by atoms with Gasteiger partial charge in [0.2, 0.25) is 0 Å². The maximum Gasteiger partial charge on any atom is 0.266 e. The van der Waals surface area contributed by atoms with Gasteiger partial charge in [-0.1, -0.05) is 17.7 Å². The minimum atomic E-state index is -0.0174. The zero-order chi connectivity index (χ0) is 14.9. The first-order valence-electron chi connectivity index (χ1n) is 6.66. The van der Waals surface area contributed by atoms with Gasteiger partial charge in [-0.25, -0.2) is 0 Å². The number of amides is 1. The zero-order valence-electron chi connectivity index (χ0n) is 12.1. The van der Waals surface area contributed by atoms with E-state index in [1.165, 1.54) is 11.3 Å². The Morgan fingerprint density at radius 1 is 1.50 bits per heavy atom. The number of carbonyl (C=O) groups is 1. The number of hydrogen-bond donors (Lipinski definition) is 1. The second-order valence-corrected chi connectivity index (χ2v) is 6.24. The van der Waals surface area contributed by atoms with Gasteiger partial charge in [0.25, 0.3) is 5.91 Å². The van der Waals surface area contributed by atoms with Crippen molar-refractivity contribution in [2.75, 3.05) is 12.3 Å². The summed E-state index contributed by atoms with van der Waals surface area (Å²) in [6.45, 7) is 10.3. The minimum Gasteiger partial charge on any atom is -0.397 e. The number of anilines is 1. The van der Waals surface area contributed by atoms with Crippen LogP contribution in [0, 0.1) is 6.92 Å². The minimum absolute atomic E-state index is 0.0174. The van der Waals surface area contributed by atoms with Crippen LogP contribution in [0.25, 0.3) is 10.1 Å². The molecule has 20 heavy (non-hydrogen) atoms. The van der Waals surface area contributed by atoms with Crippen LogP contribution in [0.1, 0.15) is 29.1 Å². The topological polar surface area (TPSA) is 46.3 Å². The van der Waals surface area contributed by atoms with Crippen LogP contribution in [0.4, 0.5) is 5.69 Å². The van der Waals surface area contributed by atoms with E-state index in [0.717, 1.165) is 15.6 Å². The van der Waals surface area contributed by atoms with Crippen LogP contribution in [-0.4, -0.2) is 23.4 Å². The fourth-order valence-corrected chi connectivity index (χ4v) is 3.25. The highest BCUT2D eigenvalue weighted by molar-refractivity contribution is 7.21. The SMILES string of the molecule is C=CCN(C(=O)c1sc2ccc(C)cc2c1N)C(C)C. The molecule has 0 aliphatic carbocycles. The number of thiophene rings is 1. The molecule has 2 rings (SSSR count). The lowest BCUT2D eigenvalue weighted by atomic mass is 10.1. The second kappa shape index (κ2) is 5.67. The second-order valence-electron chi connectivity index (χ2n) is 5.18. The van der Waals surface area contributed by atoms with E-state index in [1.807, 2.05) is 39.0 Å².